The van der Waals surface area contributed by atoms with Crippen LogP contribution in [-0.2, 0) is 12.1 Å². The van der Waals surface area contributed by atoms with Crippen molar-refractivity contribution in [2.75, 3.05) is 6.54 Å². The van der Waals surface area contributed by atoms with Crippen LogP contribution in [0, 0.1) is 5.92 Å². The van der Waals surface area contributed by atoms with Gasteiger partial charge in [-0.1, -0.05) is 67.1 Å². The first-order valence-corrected chi connectivity index (χ1v) is 9.44. The molecule has 0 spiro atoms. The van der Waals surface area contributed by atoms with Gasteiger partial charge >= 0.3 is 0 Å². The molecular formula is C22H28NO+. The van der Waals surface area contributed by atoms with E-state index in [-0.39, 0.29) is 0 Å². The van der Waals surface area contributed by atoms with Gasteiger partial charge in [0.05, 0.1) is 12.6 Å². The summed E-state index contributed by atoms with van der Waals surface area (Å²) in [5.74, 6) is 0.390. The van der Waals surface area contributed by atoms with E-state index in [0.29, 0.717) is 12.0 Å². The van der Waals surface area contributed by atoms with E-state index in [1.54, 1.807) is 4.90 Å². The molecule has 1 aliphatic carbocycles. The fraction of sp³-hybridized carbons (Fsp3) is 0.455. The summed E-state index contributed by atoms with van der Waals surface area (Å²) in [4.78, 5) is 1.67. The van der Waals surface area contributed by atoms with E-state index in [2.05, 4.69) is 54.6 Å². The van der Waals surface area contributed by atoms with Crippen LogP contribution in [0.4, 0.5) is 0 Å². The van der Waals surface area contributed by atoms with Gasteiger partial charge in [0.25, 0.3) is 0 Å². The van der Waals surface area contributed by atoms with E-state index in [1.165, 1.54) is 24.8 Å². The van der Waals surface area contributed by atoms with Gasteiger partial charge in [-0.15, -0.1) is 0 Å². The second-order valence-corrected chi connectivity index (χ2v) is 7.61. The van der Waals surface area contributed by atoms with Gasteiger partial charge < -0.3 is 10.0 Å². The molecule has 1 aliphatic heterocycles. The molecule has 24 heavy (non-hydrogen) atoms. The normalized spacial score (nSPS) is 33.0. The highest BCUT2D eigenvalue weighted by Crippen LogP contribution is 2.42. The predicted octanol–water partition coefficient (Wildman–Crippen LogP) is 2.92. The molecule has 2 aromatic carbocycles. The Morgan fingerprint density at radius 2 is 1.58 bits per heavy atom. The molecule has 2 aromatic rings. The molecule has 2 nitrogen and oxygen atoms in total. The summed E-state index contributed by atoms with van der Waals surface area (Å²) >= 11 is 0. The average molecular weight is 322 g/mol. The van der Waals surface area contributed by atoms with E-state index < -0.39 is 5.60 Å². The minimum absolute atomic E-state index is 0.390. The highest BCUT2D eigenvalue weighted by Gasteiger charge is 2.51. The quantitative estimate of drug-likeness (QED) is 0.892. The number of quaternary nitrogens is 1. The lowest BCUT2D eigenvalue weighted by Gasteiger charge is -2.50. The van der Waals surface area contributed by atoms with Crippen LogP contribution in [0.1, 0.15) is 43.2 Å². The van der Waals surface area contributed by atoms with Gasteiger partial charge in [0, 0.05) is 17.9 Å². The molecule has 1 unspecified atom stereocenters. The Balaban J connectivity index is 1.60. The topological polar surface area (TPSA) is 24.7 Å². The van der Waals surface area contributed by atoms with E-state index in [1.807, 2.05) is 6.07 Å². The standard InChI is InChI=1S/C22H27NO/c24-22(19-11-5-2-6-12-19)15-16-23(17-18-9-3-1-4-10-18)21-14-8-7-13-20(21)22/h1-6,9-12,20-21,24H,7-8,13-17H2/p+1/t20-,21+,22+/m0/s1. The van der Waals surface area contributed by atoms with Crippen molar-refractivity contribution < 1.29 is 10.0 Å². The Morgan fingerprint density at radius 1 is 0.917 bits per heavy atom. The number of hydrogen-bond donors (Lipinski definition) is 2. The SMILES string of the molecule is O[C@@]1(c2ccccc2)CC[NH+](Cc2ccccc2)[C@@H]2CCCC[C@@H]21. The maximum atomic E-state index is 11.6. The number of fused-ring (bicyclic) bond motifs is 1. The second kappa shape index (κ2) is 6.70. The fourth-order valence-corrected chi connectivity index (χ4v) is 5.08. The Morgan fingerprint density at radius 3 is 2.33 bits per heavy atom. The minimum Gasteiger partial charge on any atom is -0.384 e. The molecular weight excluding hydrogens is 294 g/mol. The molecule has 4 rings (SSSR count). The molecule has 0 amide bonds. The molecule has 1 saturated carbocycles. The van der Waals surface area contributed by atoms with Crippen molar-refractivity contribution in [1.29, 1.82) is 0 Å². The molecule has 1 saturated heterocycles. The summed E-state index contributed by atoms with van der Waals surface area (Å²) in [6, 6.07) is 21.8. The van der Waals surface area contributed by atoms with E-state index in [0.717, 1.165) is 31.5 Å². The summed E-state index contributed by atoms with van der Waals surface area (Å²) in [5, 5.41) is 11.6. The van der Waals surface area contributed by atoms with Crippen molar-refractivity contribution in [3.05, 3.63) is 71.8 Å². The van der Waals surface area contributed by atoms with E-state index in [4.69, 9.17) is 0 Å². The van der Waals surface area contributed by atoms with Crippen molar-refractivity contribution in [3.63, 3.8) is 0 Å². The van der Waals surface area contributed by atoms with Crippen molar-refractivity contribution in [3.8, 4) is 0 Å². The first kappa shape index (κ1) is 15.9. The molecule has 1 heterocycles. The molecule has 4 atom stereocenters. The molecule has 126 valence electrons. The zero-order chi connectivity index (χ0) is 16.4. The highest BCUT2D eigenvalue weighted by molar-refractivity contribution is 5.24. The fourth-order valence-electron chi connectivity index (χ4n) is 5.08. The van der Waals surface area contributed by atoms with Crippen LogP contribution in [0.25, 0.3) is 0 Å². The van der Waals surface area contributed by atoms with Gasteiger partial charge in [0.2, 0.25) is 0 Å². The van der Waals surface area contributed by atoms with Gasteiger partial charge in [-0.05, 0) is 24.8 Å². The highest BCUT2D eigenvalue weighted by atomic mass is 16.3. The number of hydrogen-bond acceptors (Lipinski definition) is 1. The summed E-state index contributed by atoms with van der Waals surface area (Å²) in [7, 11) is 0. The second-order valence-electron chi connectivity index (χ2n) is 7.61. The average Bonchev–Trinajstić information content (AvgIpc) is 2.66. The maximum absolute atomic E-state index is 11.6. The monoisotopic (exact) mass is 322 g/mol. The molecule has 2 heteroatoms. The van der Waals surface area contributed by atoms with Crippen LogP contribution in [-0.4, -0.2) is 17.7 Å². The Kier molecular flexibility index (Phi) is 4.43. The van der Waals surface area contributed by atoms with Crippen molar-refractivity contribution >= 4 is 0 Å². The third-order valence-electron chi connectivity index (χ3n) is 6.28. The lowest BCUT2D eigenvalue weighted by atomic mass is 9.66. The molecule has 0 bridgehead atoms. The van der Waals surface area contributed by atoms with Gasteiger partial charge in [-0.25, -0.2) is 0 Å². The van der Waals surface area contributed by atoms with Crippen LogP contribution >= 0.6 is 0 Å². The van der Waals surface area contributed by atoms with Gasteiger partial charge in [0.15, 0.2) is 0 Å². The first-order chi connectivity index (χ1) is 11.8. The third-order valence-corrected chi connectivity index (χ3v) is 6.28. The summed E-state index contributed by atoms with van der Waals surface area (Å²) < 4.78 is 0. The number of likely N-dealkylation sites (tertiary alicyclic amines) is 1. The maximum Gasteiger partial charge on any atom is 0.103 e. The number of piperidine rings is 1. The molecule has 0 radical (unpaired) electrons. The molecule has 2 fully saturated rings. The van der Waals surface area contributed by atoms with Crippen molar-refractivity contribution in [2.24, 2.45) is 5.92 Å². The largest absolute Gasteiger partial charge is 0.384 e. The van der Waals surface area contributed by atoms with Crippen molar-refractivity contribution in [1.82, 2.24) is 0 Å². The predicted molar refractivity (Wildman–Crippen MR) is 96.7 cm³/mol. The Hall–Kier alpha value is -1.64. The summed E-state index contributed by atoms with van der Waals surface area (Å²) in [6.45, 7) is 2.15. The molecule has 2 aliphatic rings. The number of rotatable bonds is 3. The smallest absolute Gasteiger partial charge is 0.103 e. The summed E-state index contributed by atoms with van der Waals surface area (Å²) in [6.07, 6.45) is 5.86. The first-order valence-electron chi connectivity index (χ1n) is 9.44. The zero-order valence-corrected chi connectivity index (χ0v) is 14.3. The molecule has 0 aromatic heterocycles. The zero-order valence-electron chi connectivity index (χ0n) is 14.3. The summed E-state index contributed by atoms with van der Waals surface area (Å²) in [5.41, 5.74) is 1.91. The molecule has 2 N–H and O–H groups in total. The Labute approximate surface area is 145 Å². The number of aliphatic hydroxyl groups is 1. The minimum atomic E-state index is -0.632. The third kappa shape index (κ3) is 2.89. The van der Waals surface area contributed by atoms with Crippen LogP contribution in [0.2, 0.25) is 0 Å². The number of benzene rings is 2. The Bertz CT molecular complexity index is 656. The van der Waals surface area contributed by atoms with Gasteiger partial charge in [-0.2, -0.15) is 0 Å². The lowest BCUT2D eigenvalue weighted by Crippen LogP contribution is -3.17. The lowest BCUT2D eigenvalue weighted by molar-refractivity contribution is -0.952. The number of nitrogens with one attached hydrogen (secondary N) is 1. The van der Waals surface area contributed by atoms with Crippen LogP contribution in [0.3, 0.4) is 0 Å². The van der Waals surface area contributed by atoms with Crippen LogP contribution in [0.5, 0.6) is 0 Å². The van der Waals surface area contributed by atoms with Gasteiger partial charge in [-0.3, -0.25) is 0 Å². The van der Waals surface area contributed by atoms with Gasteiger partial charge in [0.1, 0.15) is 12.1 Å². The van der Waals surface area contributed by atoms with E-state index >= 15 is 0 Å². The van der Waals surface area contributed by atoms with Crippen LogP contribution in [0.15, 0.2) is 60.7 Å². The van der Waals surface area contributed by atoms with Crippen molar-refractivity contribution in [2.45, 2.75) is 50.3 Å². The van der Waals surface area contributed by atoms with Crippen LogP contribution < -0.4 is 4.90 Å². The van der Waals surface area contributed by atoms with E-state index in [9.17, 15) is 5.11 Å².